The number of aliphatic hydroxyl groups excluding tert-OH is 1. The van der Waals surface area contributed by atoms with Crippen LogP contribution in [0.5, 0.6) is 0 Å². The Labute approximate surface area is 128 Å². The third kappa shape index (κ3) is 4.16. The van der Waals surface area contributed by atoms with E-state index in [2.05, 4.69) is 5.32 Å². The van der Waals surface area contributed by atoms with Gasteiger partial charge in [0.05, 0.1) is 17.0 Å². The zero-order chi connectivity index (χ0) is 15.9. The molecular formula is C16H20N2O4. The van der Waals surface area contributed by atoms with E-state index < -0.39 is 4.92 Å². The summed E-state index contributed by atoms with van der Waals surface area (Å²) in [6.45, 7) is 2.78. The van der Waals surface area contributed by atoms with Gasteiger partial charge < -0.3 is 14.8 Å². The number of hydrogen-bond donors (Lipinski definition) is 2. The van der Waals surface area contributed by atoms with E-state index in [1.807, 2.05) is 13.0 Å². The monoisotopic (exact) mass is 304 g/mol. The highest BCUT2D eigenvalue weighted by molar-refractivity contribution is 5.69. The summed E-state index contributed by atoms with van der Waals surface area (Å²) in [6, 6.07) is 10.4. The van der Waals surface area contributed by atoms with Gasteiger partial charge in [-0.25, -0.2) is 0 Å². The maximum absolute atomic E-state index is 11.0. The molecule has 1 heterocycles. The summed E-state index contributed by atoms with van der Waals surface area (Å²) >= 11 is 0. The Balaban J connectivity index is 2.04. The van der Waals surface area contributed by atoms with Crippen molar-refractivity contribution in [3.05, 3.63) is 52.3 Å². The maximum Gasteiger partial charge on any atom is 0.280 e. The largest absolute Gasteiger partial charge is 0.459 e. The molecule has 2 N–H and O–H groups in total. The number of nitrogens with one attached hydrogen (secondary N) is 1. The Kier molecular flexibility index (Phi) is 5.68. The second-order valence-electron chi connectivity index (χ2n) is 5.19. The highest BCUT2D eigenvalue weighted by Gasteiger charge is 2.17. The summed E-state index contributed by atoms with van der Waals surface area (Å²) in [5, 5.41) is 23.1. The van der Waals surface area contributed by atoms with Gasteiger partial charge in [0.2, 0.25) is 0 Å². The van der Waals surface area contributed by atoms with Crippen LogP contribution in [0.2, 0.25) is 0 Å². The lowest BCUT2D eigenvalue weighted by molar-refractivity contribution is -0.384. The van der Waals surface area contributed by atoms with Crippen molar-refractivity contribution < 1.29 is 14.4 Å². The van der Waals surface area contributed by atoms with Crippen molar-refractivity contribution in [2.45, 2.75) is 32.4 Å². The molecule has 118 valence electrons. The van der Waals surface area contributed by atoms with E-state index in [1.54, 1.807) is 24.3 Å². The standard InChI is InChI=1S/C16H20N2O4/c1-12(5-4-10-19)17-11-13-8-9-16(22-13)14-6-2-3-7-15(14)18(20)21/h2-3,6-9,12,17,19H,4-5,10-11H2,1H3. The third-order valence-corrected chi connectivity index (χ3v) is 3.45. The number of para-hydroxylation sites is 1. The summed E-state index contributed by atoms with van der Waals surface area (Å²) in [5.74, 6) is 1.22. The van der Waals surface area contributed by atoms with Crippen LogP contribution in [0, 0.1) is 10.1 Å². The third-order valence-electron chi connectivity index (χ3n) is 3.45. The molecule has 1 unspecified atom stereocenters. The van der Waals surface area contributed by atoms with Crippen molar-refractivity contribution in [3.8, 4) is 11.3 Å². The van der Waals surface area contributed by atoms with Crippen LogP contribution < -0.4 is 5.32 Å². The Morgan fingerprint density at radius 2 is 2.09 bits per heavy atom. The van der Waals surface area contributed by atoms with Crippen molar-refractivity contribution in [3.63, 3.8) is 0 Å². The van der Waals surface area contributed by atoms with Crippen LogP contribution in [0.25, 0.3) is 11.3 Å². The first-order chi connectivity index (χ1) is 10.6. The summed E-state index contributed by atoms with van der Waals surface area (Å²) < 4.78 is 5.70. The number of hydrogen-bond acceptors (Lipinski definition) is 5. The molecule has 22 heavy (non-hydrogen) atoms. The molecular weight excluding hydrogens is 284 g/mol. The van der Waals surface area contributed by atoms with Crippen LogP contribution >= 0.6 is 0 Å². The molecule has 0 spiro atoms. The number of furan rings is 1. The molecule has 0 fully saturated rings. The lowest BCUT2D eigenvalue weighted by atomic mass is 10.1. The molecule has 1 aromatic carbocycles. The van der Waals surface area contributed by atoms with E-state index >= 15 is 0 Å². The Hall–Kier alpha value is -2.18. The van der Waals surface area contributed by atoms with Gasteiger partial charge in [-0.15, -0.1) is 0 Å². The summed E-state index contributed by atoms with van der Waals surface area (Å²) in [7, 11) is 0. The Bertz CT molecular complexity index is 624. The van der Waals surface area contributed by atoms with Gasteiger partial charge in [-0.05, 0) is 38.0 Å². The number of nitrogens with zero attached hydrogens (tertiary/aromatic N) is 1. The fraction of sp³-hybridized carbons (Fsp3) is 0.375. The van der Waals surface area contributed by atoms with Crippen molar-refractivity contribution >= 4 is 5.69 Å². The molecule has 1 aromatic heterocycles. The van der Waals surface area contributed by atoms with Gasteiger partial charge in [0.1, 0.15) is 11.5 Å². The number of benzene rings is 1. The van der Waals surface area contributed by atoms with E-state index in [0.29, 0.717) is 17.9 Å². The molecule has 2 rings (SSSR count). The van der Waals surface area contributed by atoms with Crippen LogP contribution in [0.4, 0.5) is 5.69 Å². The molecule has 0 bridgehead atoms. The SMILES string of the molecule is CC(CCCO)NCc1ccc(-c2ccccc2[N+](=O)[O-])o1. The van der Waals surface area contributed by atoms with E-state index in [0.717, 1.165) is 18.6 Å². The highest BCUT2D eigenvalue weighted by Crippen LogP contribution is 2.30. The van der Waals surface area contributed by atoms with Gasteiger partial charge in [0.25, 0.3) is 5.69 Å². The Morgan fingerprint density at radius 3 is 2.82 bits per heavy atom. The fourth-order valence-corrected chi connectivity index (χ4v) is 2.23. The summed E-state index contributed by atoms with van der Waals surface area (Å²) in [4.78, 5) is 10.6. The topological polar surface area (TPSA) is 88.5 Å². The first kappa shape index (κ1) is 16.2. The van der Waals surface area contributed by atoms with Gasteiger partial charge in [-0.2, -0.15) is 0 Å². The predicted octanol–water partition coefficient (Wildman–Crippen LogP) is 3.11. The van der Waals surface area contributed by atoms with Crippen molar-refractivity contribution in [1.82, 2.24) is 5.32 Å². The van der Waals surface area contributed by atoms with Crippen LogP contribution in [0.15, 0.2) is 40.8 Å². The van der Waals surface area contributed by atoms with Crippen LogP contribution in [-0.2, 0) is 6.54 Å². The molecule has 0 amide bonds. The zero-order valence-corrected chi connectivity index (χ0v) is 12.5. The van der Waals surface area contributed by atoms with Gasteiger partial charge in [-0.3, -0.25) is 10.1 Å². The van der Waals surface area contributed by atoms with Crippen molar-refractivity contribution in [1.29, 1.82) is 0 Å². The first-order valence-electron chi connectivity index (χ1n) is 7.28. The van der Waals surface area contributed by atoms with Gasteiger partial charge in [0.15, 0.2) is 0 Å². The zero-order valence-electron chi connectivity index (χ0n) is 12.5. The average molecular weight is 304 g/mol. The molecule has 6 heteroatoms. The molecule has 0 radical (unpaired) electrons. The molecule has 0 aliphatic rings. The molecule has 6 nitrogen and oxygen atoms in total. The second-order valence-corrected chi connectivity index (χ2v) is 5.19. The van der Waals surface area contributed by atoms with E-state index in [9.17, 15) is 10.1 Å². The molecule has 0 saturated carbocycles. The average Bonchev–Trinajstić information content (AvgIpc) is 2.99. The normalized spacial score (nSPS) is 12.3. The summed E-state index contributed by atoms with van der Waals surface area (Å²) in [6.07, 6.45) is 1.64. The minimum Gasteiger partial charge on any atom is -0.459 e. The molecule has 0 aliphatic carbocycles. The molecule has 0 saturated heterocycles. The minimum absolute atomic E-state index is 0.0349. The predicted molar refractivity (Wildman–Crippen MR) is 83.4 cm³/mol. The van der Waals surface area contributed by atoms with E-state index in [1.165, 1.54) is 6.07 Å². The lowest BCUT2D eigenvalue weighted by Crippen LogP contribution is -2.25. The van der Waals surface area contributed by atoms with Crippen LogP contribution in [0.1, 0.15) is 25.5 Å². The van der Waals surface area contributed by atoms with Crippen LogP contribution in [0.3, 0.4) is 0 Å². The Morgan fingerprint density at radius 1 is 1.32 bits per heavy atom. The highest BCUT2D eigenvalue weighted by atomic mass is 16.6. The van der Waals surface area contributed by atoms with E-state index in [-0.39, 0.29) is 18.3 Å². The minimum atomic E-state index is -0.410. The number of aliphatic hydroxyl groups is 1. The van der Waals surface area contributed by atoms with E-state index in [4.69, 9.17) is 9.52 Å². The number of nitro benzene ring substituents is 1. The fourth-order valence-electron chi connectivity index (χ4n) is 2.23. The van der Waals surface area contributed by atoms with Crippen molar-refractivity contribution in [2.24, 2.45) is 0 Å². The van der Waals surface area contributed by atoms with Crippen molar-refractivity contribution in [2.75, 3.05) is 6.61 Å². The molecule has 2 aromatic rings. The lowest BCUT2D eigenvalue weighted by Gasteiger charge is -2.11. The number of nitro groups is 1. The maximum atomic E-state index is 11.0. The second kappa shape index (κ2) is 7.72. The van der Waals surface area contributed by atoms with Crippen LogP contribution in [-0.4, -0.2) is 22.7 Å². The smallest absolute Gasteiger partial charge is 0.280 e. The van der Waals surface area contributed by atoms with Gasteiger partial charge in [0, 0.05) is 18.7 Å². The first-order valence-corrected chi connectivity index (χ1v) is 7.28. The number of rotatable bonds is 8. The quantitative estimate of drug-likeness (QED) is 0.578. The molecule has 0 aliphatic heterocycles. The molecule has 1 atom stereocenters. The van der Waals surface area contributed by atoms with Gasteiger partial charge in [-0.1, -0.05) is 12.1 Å². The summed E-state index contributed by atoms with van der Waals surface area (Å²) in [5.41, 5.74) is 0.514. The van der Waals surface area contributed by atoms with Gasteiger partial charge >= 0.3 is 0 Å².